The second-order valence-corrected chi connectivity index (χ2v) is 40.3. The van der Waals surface area contributed by atoms with Crippen molar-refractivity contribution in [3.05, 3.63) is 194 Å². The zero-order valence-electron chi connectivity index (χ0n) is 66.4. The highest BCUT2D eigenvalue weighted by molar-refractivity contribution is 6.74. The van der Waals surface area contributed by atoms with Crippen molar-refractivity contribution in [3.8, 4) is 5.75 Å². The van der Waals surface area contributed by atoms with Crippen molar-refractivity contribution in [2.24, 2.45) is 45.7 Å². The Morgan fingerprint density at radius 3 is 1.17 bits per heavy atom. The van der Waals surface area contributed by atoms with E-state index in [4.69, 9.17) is 68.7 Å². The molecule has 1 N–H and O–H groups in total. The Morgan fingerprint density at radius 1 is 0.462 bits per heavy atom. The summed E-state index contributed by atoms with van der Waals surface area (Å²) in [6.07, 6.45) is -9.50. The summed E-state index contributed by atoms with van der Waals surface area (Å²) in [7, 11) is -3.24. The van der Waals surface area contributed by atoms with Gasteiger partial charge in [-0.3, -0.25) is 0 Å². The Balaban J connectivity index is 0.000000326. The Morgan fingerprint density at radius 2 is 0.798 bits per heavy atom. The van der Waals surface area contributed by atoms with Crippen molar-refractivity contribution in [1.29, 1.82) is 0 Å². The summed E-state index contributed by atoms with van der Waals surface area (Å²) in [4.78, 5) is 6.35. The van der Waals surface area contributed by atoms with Crippen molar-refractivity contribution in [2.75, 3.05) is 20.3 Å². The normalized spacial score (nSPS) is 29.8. The highest BCUT2D eigenvalue weighted by Crippen LogP contribution is 2.49. The Kier molecular flexibility index (Phi) is 31.9. The van der Waals surface area contributed by atoms with E-state index in [1.165, 1.54) is 0 Å². The van der Waals surface area contributed by atoms with Crippen LogP contribution >= 0.6 is 0 Å². The Labute approximate surface area is 625 Å². The molecule has 5 aromatic rings. The SMILES string of the molecule is C.CC(C)C(C)(C)[Si](C)(C)O[C@H]1O[C@@H](C)[C@@H](O[C@@H]2OC(COCc3ccccc3)[C@@H](C)[C@H](C)C2OCc2ccccc2)[C@H](O)C1N=[N+]=[N-].COc1ccc(CO[C@@H]2C(N=[N+]=[N-])[C@@H](O[Si](C)(C)C(C)(C)C(C)C)O[C@@H](C)[C@H]2O[C@@H]2OC(COCc3ccccc3)[C@@H](C)[C@H](C)C2OCc2ccccc2)cc1.[2H][2H]. The van der Waals surface area contributed by atoms with E-state index in [1.807, 2.05) is 159 Å². The van der Waals surface area contributed by atoms with Gasteiger partial charge in [0.15, 0.2) is 41.8 Å². The standard InChI is InChI=1S/C44H63N3O8Si.C36H55N3O7Si.CH4.H2/c1-29(2)44(6,7)56(9,10)55-42-38(46-47-45)41(51-27-35-21-23-36(48-8)24-22-35)40(32(5)52-42)54-43-39(50-26-34-19-15-12-16-20-34)31(4)30(3)37(53-43)28-49-25-33-17-13-11-14-18-33;1-23(2)36(6,7)47(8,9)46-34-30(38-39-37)31(40)33(26(5)43-34)45-35-32(42-21-28-18-14-11-15-19-28)25(4)24(3)29(44-35)22-41-20-27-16-12-10-13-17-27;;/h11-24,29-32,37-43H,25-28H2,1-10H3;10-19,23-26,29-35,40H,20-22H2,1-9H3;1H4;1H/t30-,31-,32-,37?,38?,39?,40+,41+,42+,43-;24-,25-,26-,29?,30?,31+,32?,33+,34+,35-;;/m00../s1/i;;;1+1D. The van der Waals surface area contributed by atoms with Crippen LogP contribution in [0.1, 0.15) is 135 Å². The predicted octanol–water partition coefficient (Wildman–Crippen LogP) is 18.3. The van der Waals surface area contributed by atoms with Gasteiger partial charge >= 0.3 is 0 Å². The molecule has 20 atom stereocenters. The highest BCUT2D eigenvalue weighted by Gasteiger charge is 2.56. The molecule has 0 aromatic heterocycles. The monoisotopic (exact) mass is 1480 g/mol. The Bertz CT molecular complexity index is 3420. The second-order valence-electron chi connectivity index (χ2n) is 31.2. The van der Waals surface area contributed by atoms with Gasteiger partial charge in [0.1, 0.15) is 48.4 Å². The largest absolute Gasteiger partial charge is 0.497 e. The first-order valence-corrected chi connectivity index (χ1v) is 42.7. The molecule has 4 aliphatic heterocycles. The number of rotatable bonds is 32. The molecule has 21 nitrogen and oxygen atoms in total. The van der Waals surface area contributed by atoms with Crippen LogP contribution in [0.15, 0.2) is 156 Å². The maximum Gasteiger partial charge on any atom is 0.196 e. The molecule has 23 heteroatoms. The number of ether oxygens (including phenoxy) is 12. The predicted molar refractivity (Wildman–Crippen MR) is 412 cm³/mol. The number of azide groups is 2. The van der Waals surface area contributed by atoms with E-state index in [1.54, 1.807) is 7.11 Å². The first kappa shape index (κ1) is 84.0. The van der Waals surface area contributed by atoms with Crippen LogP contribution in [0.3, 0.4) is 0 Å². The number of benzene rings is 5. The van der Waals surface area contributed by atoms with Crippen molar-refractivity contribution in [2.45, 2.75) is 272 Å². The van der Waals surface area contributed by atoms with Gasteiger partial charge < -0.3 is 70.8 Å². The summed E-state index contributed by atoms with van der Waals surface area (Å²) in [5.41, 5.74) is 24.7. The van der Waals surface area contributed by atoms with Gasteiger partial charge in [0, 0.05) is 12.8 Å². The number of hydrogen-bond donors (Lipinski definition) is 1. The maximum absolute atomic E-state index is 11.7. The highest BCUT2D eigenvalue weighted by atomic mass is 28.4. The van der Waals surface area contributed by atoms with Crippen LogP contribution in [0.2, 0.25) is 36.3 Å². The molecule has 4 fully saturated rings. The molecule has 4 heterocycles. The molecule has 0 aliphatic carbocycles. The zero-order chi connectivity index (χ0) is 76.8. The molecular formula is C81H124N6O15Si2. The molecule has 4 aliphatic rings. The zero-order valence-corrected chi connectivity index (χ0v) is 66.4. The first-order valence-electron chi connectivity index (χ1n) is 37.9. The average molecular weight is 1480 g/mol. The molecule has 0 amide bonds. The van der Waals surface area contributed by atoms with E-state index in [2.05, 4.69) is 129 Å². The van der Waals surface area contributed by atoms with E-state index >= 15 is 0 Å². The van der Waals surface area contributed by atoms with Crippen LogP contribution < -0.4 is 4.74 Å². The van der Waals surface area contributed by atoms with Crippen LogP contribution in [0.5, 0.6) is 5.75 Å². The van der Waals surface area contributed by atoms with Gasteiger partial charge in [0.2, 0.25) is 0 Å². The fraction of sp³-hybridized carbons (Fsp3) is 0.630. The number of aliphatic hydroxyl groups is 1. The molecule has 9 rings (SSSR count). The van der Waals surface area contributed by atoms with Crippen LogP contribution in [-0.2, 0) is 94.0 Å². The van der Waals surface area contributed by atoms with E-state index in [0.29, 0.717) is 51.5 Å². The molecule has 5 aromatic carbocycles. The minimum Gasteiger partial charge on any atom is -0.497 e. The lowest BCUT2D eigenvalue weighted by atomic mass is 9.83. The fourth-order valence-electron chi connectivity index (χ4n) is 13.5. The topological polar surface area (TPSA) is 247 Å². The lowest BCUT2D eigenvalue weighted by molar-refractivity contribution is -0.338. The summed E-state index contributed by atoms with van der Waals surface area (Å²) < 4.78 is 102. The van der Waals surface area contributed by atoms with Gasteiger partial charge in [-0.05, 0) is 137 Å². The van der Waals surface area contributed by atoms with Crippen LogP contribution in [0.25, 0.3) is 20.9 Å². The number of nitrogens with zero attached hydrogens (tertiary/aromatic N) is 6. The van der Waals surface area contributed by atoms with Gasteiger partial charge in [-0.25, -0.2) is 0 Å². The van der Waals surface area contributed by atoms with Crippen molar-refractivity contribution < 1.29 is 73.8 Å². The lowest BCUT2D eigenvalue weighted by Gasteiger charge is -2.51. The summed E-state index contributed by atoms with van der Waals surface area (Å²) in [5.74, 6) is 1.72. The Hall–Kier alpha value is -5.61. The van der Waals surface area contributed by atoms with E-state index in [0.717, 1.165) is 33.6 Å². The summed E-state index contributed by atoms with van der Waals surface area (Å²) in [5, 5.41) is 19.8. The van der Waals surface area contributed by atoms with Gasteiger partial charge in [-0.15, -0.1) is 0 Å². The van der Waals surface area contributed by atoms with Crippen molar-refractivity contribution >= 4 is 16.6 Å². The van der Waals surface area contributed by atoms with Gasteiger partial charge in [0.25, 0.3) is 0 Å². The molecule has 0 saturated carbocycles. The van der Waals surface area contributed by atoms with Crippen LogP contribution in [0, 0.1) is 35.5 Å². The smallest absolute Gasteiger partial charge is 0.196 e. The van der Waals surface area contributed by atoms with Gasteiger partial charge in [-0.2, -0.15) is 0 Å². The van der Waals surface area contributed by atoms with Crippen molar-refractivity contribution in [3.63, 3.8) is 0 Å². The van der Waals surface area contributed by atoms with E-state index < -0.39 is 103 Å². The molecule has 0 spiro atoms. The molecule has 0 bridgehead atoms. The number of aliphatic hydroxyl groups excluding tert-OH is 1. The number of methoxy groups -OCH3 is 1. The minimum absolute atomic E-state index is 0. The maximum atomic E-state index is 11.7. The summed E-state index contributed by atoms with van der Waals surface area (Å²) in [6.45, 7) is 41.4. The third kappa shape index (κ3) is 22.1. The number of hydrogen-bond acceptors (Lipinski definition) is 17. The molecule has 6 unspecified atom stereocenters. The molecule has 4 saturated heterocycles. The average Bonchev–Trinajstić information content (AvgIpc) is 0.772. The summed E-state index contributed by atoms with van der Waals surface area (Å²) >= 11 is 0. The molecule has 576 valence electrons. The quantitative estimate of drug-likeness (QED) is 0.0182. The first-order chi connectivity index (χ1) is 50.0. The minimum atomic E-state index is -2.47. The molecular weight excluding hydrogens is 1350 g/mol. The van der Waals surface area contributed by atoms with Crippen LogP contribution in [-0.4, -0.2) is 140 Å². The van der Waals surface area contributed by atoms with E-state index in [-0.39, 0.29) is 60.0 Å². The summed E-state index contributed by atoms with van der Waals surface area (Å²) in [6, 6.07) is 46.0. The second kappa shape index (κ2) is 39.5. The van der Waals surface area contributed by atoms with Gasteiger partial charge in [0.05, 0.1) is 83.9 Å². The fourth-order valence-corrected chi connectivity index (χ4v) is 18.4. The molecule has 104 heavy (non-hydrogen) atoms. The lowest BCUT2D eigenvalue weighted by Crippen LogP contribution is -2.63. The third-order valence-electron chi connectivity index (χ3n) is 23.3. The van der Waals surface area contributed by atoms with Crippen molar-refractivity contribution in [1.82, 2.24) is 0 Å². The van der Waals surface area contributed by atoms with Gasteiger partial charge in [-0.1, -0.05) is 234 Å². The van der Waals surface area contributed by atoms with E-state index in [9.17, 15) is 16.2 Å². The molecule has 0 radical (unpaired) electrons. The van der Waals surface area contributed by atoms with Crippen LogP contribution in [0.4, 0.5) is 0 Å². The third-order valence-corrected chi connectivity index (χ3v) is 32.3.